The lowest BCUT2D eigenvalue weighted by molar-refractivity contribution is -0.142. The largest absolute Gasteiger partial charge is 0.465 e. The van der Waals surface area contributed by atoms with Crippen LogP contribution in [0, 0.1) is 0 Å². The van der Waals surface area contributed by atoms with Crippen LogP contribution in [0.4, 0.5) is 0 Å². The van der Waals surface area contributed by atoms with Gasteiger partial charge >= 0.3 is 5.97 Å². The van der Waals surface area contributed by atoms with Crippen LogP contribution in [0.1, 0.15) is 13.8 Å². The quantitative estimate of drug-likeness (QED) is 0.600. The molecule has 1 unspecified atom stereocenters. The predicted molar refractivity (Wildman–Crippen MR) is 63.4 cm³/mol. The Morgan fingerprint density at radius 3 is 2.80 bits per heavy atom. The zero-order chi connectivity index (χ0) is 11.3. The number of hydrogen-bond acceptors (Lipinski definition) is 3. The van der Waals surface area contributed by atoms with E-state index >= 15 is 0 Å². The number of thioether (sulfide) groups is 1. The summed E-state index contributed by atoms with van der Waals surface area (Å²) in [6.07, 6.45) is 0. The van der Waals surface area contributed by atoms with E-state index in [0.717, 1.165) is 4.90 Å². The van der Waals surface area contributed by atoms with Crippen molar-refractivity contribution in [3.63, 3.8) is 0 Å². The van der Waals surface area contributed by atoms with Gasteiger partial charge in [0.25, 0.3) is 0 Å². The summed E-state index contributed by atoms with van der Waals surface area (Å²) in [5, 5.41) is 0.434. The standard InChI is InChI=1S/C11H13ClO2S/c1-3-14-11(13)8(2)15-10-7-5-4-6-9(10)12/h4-8H,3H2,1-2H3. The van der Waals surface area contributed by atoms with Gasteiger partial charge in [0.15, 0.2) is 0 Å². The Balaban J connectivity index is 2.62. The topological polar surface area (TPSA) is 26.3 Å². The van der Waals surface area contributed by atoms with Gasteiger partial charge in [0, 0.05) is 4.90 Å². The second-order valence-corrected chi connectivity index (χ2v) is 4.73. The molecule has 0 saturated carbocycles. The van der Waals surface area contributed by atoms with E-state index in [4.69, 9.17) is 16.3 Å². The van der Waals surface area contributed by atoms with Gasteiger partial charge in [-0.1, -0.05) is 23.7 Å². The monoisotopic (exact) mass is 244 g/mol. The van der Waals surface area contributed by atoms with Crippen molar-refractivity contribution in [1.29, 1.82) is 0 Å². The smallest absolute Gasteiger partial charge is 0.319 e. The first-order valence-electron chi connectivity index (χ1n) is 4.73. The molecular formula is C11H13ClO2S. The molecule has 1 aromatic carbocycles. The van der Waals surface area contributed by atoms with E-state index in [9.17, 15) is 4.79 Å². The highest BCUT2D eigenvalue weighted by Crippen LogP contribution is 2.30. The minimum atomic E-state index is -0.232. The van der Waals surface area contributed by atoms with Gasteiger partial charge in [0.1, 0.15) is 5.25 Å². The summed E-state index contributed by atoms with van der Waals surface area (Å²) in [7, 11) is 0. The summed E-state index contributed by atoms with van der Waals surface area (Å²) in [6.45, 7) is 4.02. The Kier molecular flexibility index (Phi) is 4.99. The van der Waals surface area contributed by atoms with E-state index in [1.54, 1.807) is 6.92 Å². The molecule has 0 N–H and O–H groups in total. The zero-order valence-electron chi connectivity index (χ0n) is 8.70. The first-order chi connectivity index (χ1) is 7.15. The van der Waals surface area contributed by atoms with Crippen LogP contribution in [0.3, 0.4) is 0 Å². The lowest BCUT2D eigenvalue weighted by Gasteiger charge is -2.10. The summed E-state index contributed by atoms with van der Waals surface area (Å²) in [5.41, 5.74) is 0. The summed E-state index contributed by atoms with van der Waals surface area (Å²) < 4.78 is 4.91. The Labute approximate surface area is 99.0 Å². The van der Waals surface area contributed by atoms with E-state index in [2.05, 4.69) is 0 Å². The molecule has 0 saturated heterocycles. The van der Waals surface area contributed by atoms with Gasteiger partial charge in [-0.25, -0.2) is 0 Å². The third kappa shape index (κ3) is 3.76. The van der Waals surface area contributed by atoms with Gasteiger partial charge < -0.3 is 4.74 Å². The van der Waals surface area contributed by atoms with E-state index in [-0.39, 0.29) is 11.2 Å². The second-order valence-electron chi connectivity index (χ2n) is 2.94. The van der Waals surface area contributed by atoms with Crippen molar-refractivity contribution in [2.75, 3.05) is 6.61 Å². The molecule has 0 spiro atoms. The average molecular weight is 245 g/mol. The Hall–Kier alpha value is -0.670. The molecule has 0 fully saturated rings. The van der Waals surface area contributed by atoms with Crippen molar-refractivity contribution < 1.29 is 9.53 Å². The van der Waals surface area contributed by atoms with Gasteiger partial charge in [0.2, 0.25) is 0 Å². The van der Waals surface area contributed by atoms with Crippen molar-refractivity contribution in [3.05, 3.63) is 29.3 Å². The van der Waals surface area contributed by atoms with Crippen molar-refractivity contribution in [2.24, 2.45) is 0 Å². The van der Waals surface area contributed by atoms with Gasteiger partial charge in [0.05, 0.1) is 11.6 Å². The van der Waals surface area contributed by atoms with Crippen LogP contribution >= 0.6 is 23.4 Å². The fourth-order valence-electron chi connectivity index (χ4n) is 1.04. The minimum Gasteiger partial charge on any atom is -0.465 e. The molecule has 1 rings (SSSR count). The number of benzene rings is 1. The number of hydrogen-bond donors (Lipinski definition) is 0. The Morgan fingerprint density at radius 1 is 1.53 bits per heavy atom. The van der Waals surface area contributed by atoms with E-state index in [1.165, 1.54) is 11.8 Å². The fraction of sp³-hybridized carbons (Fsp3) is 0.364. The molecule has 0 aliphatic carbocycles. The Bertz CT molecular complexity index is 341. The third-order valence-corrected chi connectivity index (χ3v) is 3.36. The lowest BCUT2D eigenvalue weighted by Crippen LogP contribution is -2.16. The number of ether oxygens (including phenoxy) is 1. The van der Waals surface area contributed by atoms with Gasteiger partial charge in [-0.15, -0.1) is 11.8 Å². The van der Waals surface area contributed by atoms with E-state index in [0.29, 0.717) is 11.6 Å². The van der Waals surface area contributed by atoms with Crippen LogP contribution in [0.15, 0.2) is 29.2 Å². The maximum atomic E-state index is 11.4. The van der Waals surface area contributed by atoms with Crippen LogP contribution in [-0.4, -0.2) is 17.8 Å². The number of esters is 1. The van der Waals surface area contributed by atoms with Crippen molar-refractivity contribution in [2.45, 2.75) is 24.0 Å². The molecule has 1 atom stereocenters. The van der Waals surface area contributed by atoms with Crippen LogP contribution in [0.5, 0.6) is 0 Å². The molecule has 2 nitrogen and oxygen atoms in total. The summed E-state index contributed by atoms with van der Waals surface area (Å²) in [6, 6.07) is 7.46. The molecule has 0 heterocycles. The predicted octanol–water partition coefficient (Wildman–Crippen LogP) is 3.38. The molecule has 4 heteroatoms. The molecule has 0 aliphatic heterocycles. The number of carbonyl (C=O) groups is 1. The van der Waals surface area contributed by atoms with Crippen LogP contribution in [0.25, 0.3) is 0 Å². The van der Waals surface area contributed by atoms with Gasteiger partial charge in [-0.3, -0.25) is 4.79 Å². The zero-order valence-corrected chi connectivity index (χ0v) is 10.3. The van der Waals surface area contributed by atoms with Crippen molar-refractivity contribution in [1.82, 2.24) is 0 Å². The number of rotatable bonds is 4. The van der Waals surface area contributed by atoms with Crippen LogP contribution < -0.4 is 0 Å². The SMILES string of the molecule is CCOC(=O)C(C)Sc1ccccc1Cl. The van der Waals surface area contributed by atoms with E-state index < -0.39 is 0 Å². The van der Waals surface area contributed by atoms with Crippen molar-refractivity contribution >= 4 is 29.3 Å². The molecule has 0 radical (unpaired) electrons. The lowest BCUT2D eigenvalue weighted by atomic mass is 10.4. The summed E-state index contributed by atoms with van der Waals surface area (Å²) in [5.74, 6) is -0.206. The highest BCUT2D eigenvalue weighted by molar-refractivity contribution is 8.00. The summed E-state index contributed by atoms with van der Waals surface area (Å²) >= 11 is 7.39. The molecule has 15 heavy (non-hydrogen) atoms. The fourth-order valence-corrected chi connectivity index (χ4v) is 2.19. The first-order valence-corrected chi connectivity index (χ1v) is 5.98. The maximum absolute atomic E-state index is 11.4. The second kappa shape index (κ2) is 6.03. The number of halogens is 1. The summed E-state index contributed by atoms with van der Waals surface area (Å²) in [4.78, 5) is 12.3. The Morgan fingerprint density at radius 2 is 2.20 bits per heavy atom. The third-order valence-electron chi connectivity index (χ3n) is 1.76. The molecule has 0 aliphatic rings. The minimum absolute atomic E-state index is 0.206. The highest BCUT2D eigenvalue weighted by atomic mass is 35.5. The molecule has 0 bridgehead atoms. The number of carbonyl (C=O) groups excluding carboxylic acids is 1. The van der Waals surface area contributed by atoms with Crippen LogP contribution in [0.2, 0.25) is 5.02 Å². The highest BCUT2D eigenvalue weighted by Gasteiger charge is 2.16. The van der Waals surface area contributed by atoms with E-state index in [1.807, 2.05) is 31.2 Å². The normalized spacial score (nSPS) is 12.2. The van der Waals surface area contributed by atoms with Gasteiger partial charge in [-0.05, 0) is 26.0 Å². The van der Waals surface area contributed by atoms with Crippen molar-refractivity contribution in [3.8, 4) is 0 Å². The van der Waals surface area contributed by atoms with Gasteiger partial charge in [-0.2, -0.15) is 0 Å². The molecule has 0 aromatic heterocycles. The first kappa shape index (κ1) is 12.4. The molecular weight excluding hydrogens is 232 g/mol. The average Bonchev–Trinajstić information content (AvgIpc) is 2.21. The maximum Gasteiger partial charge on any atom is 0.319 e. The molecule has 82 valence electrons. The molecule has 0 amide bonds. The molecule has 1 aromatic rings. The van der Waals surface area contributed by atoms with Crippen LogP contribution in [-0.2, 0) is 9.53 Å².